The summed E-state index contributed by atoms with van der Waals surface area (Å²) in [5.74, 6) is 0.539. The Kier molecular flexibility index (Phi) is 5.06. The van der Waals surface area contributed by atoms with Gasteiger partial charge in [-0.3, -0.25) is 4.90 Å². The molecule has 1 aliphatic heterocycles. The van der Waals surface area contributed by atoms with E-state index in [-0.39, 0.29) is 11.9 Å². The Hall–Kier alpha value is -0.950. The molecule has 2 aliphatic rings. The van der Waals surface area contributed by atoms with E-state index in [9.17, 15) is 13.5 Å². The number of sulfonamides is 1. The third-order valence-electron chi connectivity index (χ3n) is 4.77. The number of aryl methyl sites for hydroxylation is 1. The first kappa shape index (κ1) is 16.9. The molecule has 0 bridgehead atoms. The Bertz CT molecular complexity index is 635. The Labute approximate surface area is 139 Å². The zero-order valence-corrected chi connectivity index (χ0v) is 14.5. The van der Waals surface area contributed by atoms with Gasteiger partial charge in [-0.1, -0.05) is 29.8 Å². The van der Waals surface area contributed by atoms with E-state index in [1.165, 1.54) is 0 Å². The highest BCUT2D eigenvalue weighted by Crippen LogP contribution is 2.33. The largest absolute Gasteiger partial charge is 0.392 e. The Morgan fingerprint density at radius 1 is 1.22 bits per heavy atom. The number of hydrogen-bond donors (Lipinski definition) is 1. The molecule has 6 heteroatoms. The first-order valence-electron chi connectivity index (χ1n) is 8.38. The van der Waals surface area contributed by atoms with Gasteiger partial charge >= 0.3 is 0 Å². The fourth-order valence-corrected chi connectivity index (χ4v) is 4.69. The van der Waals surface area contributed by atoms with Crippen LogP contribution in [0.5, 0.6) is 0 Å². The van der Waals surface area contributed by atoms with E-state index in [0.717, 1.165) is 24.0 Å². The maximum Gasteiger partial charge on any atom is 0.218 e. The summed E-state index contributed by atoms with van der Waals surface area (Å²) < 4.78 is 26.7. The first-order valence-corrected chi connectivity index (χ1v) is 9.99. The maximum absolute atomic E-state index is 12.6. The Balaban J connectivity index is 1.53. The predicted molar refractivity (Wildman–Crippen MR) is 90.5 cm³/mol. The zero-order valence-electron chi connectivity index (χ0n) is 13.7. The molecule has 0 aromatic heterocycles. The molecule has 1 saturated carbocycles. The van der Waals surface area contributed by atoms with Crippen LogP contribution in [0.25, 0.3) is 0 Å². The molecule has 1 aromatic carbocycles. The van der Waals surface area contributed by atoms with E-state index in [1.54, 1.807) is 4.31 Å². The lowest BCUT2D eigenvalue weighted by Gasteiger charge is -2.35. The smallest absolute Gasteiger partial charge is 0.218 e. The summed E-state index contributed by atoms with van der Waals surface area (Å²) in [4.78, 5) is 2.18. The van der Waals surface area contributed by atoms with Gasteiger partial charge in [0.25, 0.3) is 0 Å². The average Bonchev–Trinajstić information content (AvgIpc) is 3.32. The minimum absolute atomic E-state index is 0.0688. The molecule has 2 fully saturated rings. The van der Waals surface area contributed by atoms with Crippen molar-refractivity contribution >= 4 is 10.0 Å². The number of aliphatic hydroxyl groups excluding tert-OH is 1. The SMILES string of the molecule is Cc1cccc(CS(=O)(=O)N2CCN(C[C@@H](O)C3CC3)CC2)c1. The van der Waals surface area contributed by atoms with Crippen molar-refractivity contribution in [1.29, 1.82) is 0 Å². The van der Waals surface area contributed by atoms with Crippen LogP contribution in [0.4, 0.5) is 0 Å². The Morgan fingerprint density at radius 2 is 1.91 bits per heavy atom. The standard InChI is InChI=1S/C17H26N2O3S/c1-14-3-2-4-15(11-14)13-23(21,22)19-9-7-18(8-10-19)12-17(20)16-5-6-16/h2-4,11,16-17,20H,5-10,12-13H2,1H3/t17-/m1/s1. The number of nitrogens with zero attached hydrogens (tertiary/aromatic N) is 2. The van der Waals surface area contributed by atoms with E-state index in [2.05, 4.69) is 4.90 Å². The van der Waals surface area contributed by atoms with Gasteiger partial charge in [0, 0.05) is 32.7 Å². The summed E-state index contributed by atoms with van der Waals surface area (Å²) in [6.45, 7) is 5.10. The van der Waals surface area contributed by atoms with Gasteiger partial charge in [0.1, 0.15) is 0 Å². The van der Waals surface area contributed by atoms with Crippen molar-refractivity contribution in [1.82, 2.24) is 9.21 Å². The minimum atomic E-state index is -3.26. The van der Waals surface area contributed by atoms with Crippen LogP contribution in [0, 0.1) is 12.8 Å². The number of rotatable bonds is 6. The highest BCUT2D eigenvalue weighted by atomic mass is 32.2. The molecule has 0 unspecified atom stereocenters. The molecular formula is C17H26N2O3S. The summed E-state index contributed by atoms with van der Waals surface area (Å²) in [7, 11) is -3.26. The van der Waals surface area contributed by atoms with Gasteiger partial charge in [0.15, 0.2) is 0 Å². The van der Waals surface area contributed by atoms with E-state index in [0.29, 0.717) is 38.6 Å². The lowest BCUT2D eigenvalue weighted by molar-refractivity contribution is 0.0781. The summed E-state index contributed by atoms with van der Waals surface area (Å²) >= 11 is 0. The van der Waals surface area contributed by atoms with Crippen molar-refractivity contribution in [2.24, 2.45) is 5.92 Å². The van der Waals surface area contributed by atoms with Gasteiger partial charge in [-0.25, -0.2) is 8.42 Å². The number of benzene rings is 1. The highest BCUT2D eigenvalue weighted by Gasteiger charge is 2.33. The molecule has 1 atom stereocenters. The van der Waals surface area contributed by atoms with Crippen LogP contribution in [0.15, 0.2) is 24.3 Å². The van der Waals surface area contributed by atoms with Gasteiger partial charge in [0.05, 0.1) is 11.9 Å². The molecule has 1 aliphatic carbocycles. The molecule has 1 heterocycles. The fourth-order valence-electron chi connectivity index (χ4n) is 3.19. The van der Waals surface area contributed by atoms with Gasteiger partial charge in [-0.05, 0) is 31.2 Å². The van der Waals surface area contributed by atoms with Crippen molar-refractivity contribution in [3.05, 3.63) is 35.4 Å². The van der Waals surface area contributed by atoms with Gasteiger partial charge in [-0.2, -0.15) is 4.31 Å². The number of hydrogen-bond acceptors (Lipinski definition) is 4. The third-order valence-corrected chi connectivity index (χ3v) is 6.62. The quantitative estimate of drug-likeness (QED) is 0.847. The summed E-state index contributed by atoms with van der Waals surface area (Å²) in [6, 6.07) is 7.67. The predicted octanol–water partition coefficient (Wildman–Crippen LogP) is 1.21. The molecule has 1 aromatic rings. The van der Waals surface area contributed by atoms with Crippen molar-refractivity contribution in [2.45, 2.75) is 31.6 Å². The van der Waals surface area contributed by atoms with E-state index in [1.807, 2.05) is 31.2 Å². The van der Waals surface area contributed by atoms with E-state index >= 15 is 0 Å². The van der Waals surface area contributed by atoms with Crippen LogP contribution in [-0.2, 0) is 15.8 Å². The van der Waals surface area contributed by atoms with Crippen LogP contribution in [0.3, 0.4) is 0 Å². The molecule has 23 heavy (non-hydrogen) atoms. The molecular weight excluding hydrogens is 312 g/mol. The topological polar surface area (TPSA) is 60.9 Å². The monoisotopic (exact) mass is 338 g/mol. The second kappa shape index (κ2) is 6.89. The maximum atomic E-state index is 12.6. The molecule has 0 spiro atoms. The lowest BCUT2D eigenvalue weighted by Crippen LogP contribution is -2.50. The zero-order chi connectivity index (χ0) is 16.4. The second-order valence-corrected chi connectivity index (χ2v) is 8.82. The summed E-state index contributed by atoms with van der Waals surface area (Å²) in [5.41, 5.74) is 1.92. The molecule has 0 amide bonds. The van der Waals surface area contributed by atoms with Crippen LogP contribution in [0.1, 0.15) is 24.0 Å². The summed E-state index contributed by atoms with van der Waals surface area (Å²) in [5, 5.41) is 10.0. The molecule has 1 N–H and O–H groups in total. The number of aliphatic hydroxyl groups is 1. The number of piperazine rings is 1. The third kappa shape index (κ3) is 4.53. The first-order chi connectivity index (χ1) is 10.9. The molecule has 0 radical (unpaired) electrons. The van der Waals surface area contributed by atoms with Crippen molar-refractivity contribution in [3.63, 3.8) is 0 Å². The minimum Gasteiger partial charge on any atom is -0.392 e. The summed E-state index contributed by atoms with van der Waals surface area (Å²) in [6.07, 6.45) is 2.02. The van der Waals surface area contributed by atoms with E-state index in [4.69, 9.17) is 0 Å². The molecule has 1 saturated heterocycles. The van der Waals surface area contributed by atoms with Crippen LogP contribution in [-0.4, -0.2) is 61.6 Å². The van der Waals surface area contributed by atoms with E-state index < -0.39 is 10.0 Å². The molecule has 3 rings (SSSR count). The van der Waals surface area contributed by atoms with Crippen LogP contribution < -0.4 is 0 Å². The van der Waals surface area contributed by atoms with Crippen molar-refractivity contribution < 1.29 is 13.5 Å². The van der Waals surface area contributed by atoms with Crippen molar-refractivity contribution in [3.8, 4) is 0 Å². The number of β-amino-alcohol motifs (C(OH)–C–C–N with tert-alkyl or cyclic N) is 1. The lowest BCUT2D eigenvalue weighted by atomic mass is 10.2. The van der Waals surface area contributed by atoms with Crippen LogP contribution >= 0.6 is 0 Å². The molecule has 128 valence electrons. The highest BCUT2D eigenvalue weighted by molar-refractivity contribution is 7.88. The normalized spacial score (nSPS) is 22.2. The van der Waals surface area contributed by atoms with Crippen LogP contribution in [0.2, 0.25) is 0 Å². The average molecular weight is 338 g/mol. The molecule has 5 nitrogen and oxygen atoms in total. The Morgan fingerprint density at radius 3 is 2.52 bits per heavy atom. The second-order valence-electron chi connectivity index (χ2n) is 6.85. The van der Waals surface area contributed by atoms with Gasteiger partial charge in [-0.15, -0.1) is 0 Å². The fraction of sp³-hybridized carbons (Fsp3) is 0.647. The van der Waals surface area contributed by atoms with Crippen molar-refractivity contribution in [2.75, 3.05) is 32.7 Å². The van der Waals surface area contributed by atoms with Gasteiger partial charge in [0.2, 0.25) is 10.0 Å². The van der Waals surface area contributed by atoms with Gasteiger partial charge < -0.3 is 5.11 Å².